The fourth-order valence-electron chi connectivity index (χ4n) is 3.09. The lowest BCUT2D eigenvalue weighted by molar-refractivity contribution is -0.132. The highest BCUT2D eigenvalue weighted by Gasteiger charge is 2.22. The summed E-state index contributed by atoms with van der Waals surface area (Å²) in [6.45, 7) is 12.1. The molecule has 2 aromatic rings. The van der Waals surface area contributed by atoms with Crippen LogP contribution in [0, 0.1) is 11.8 Å². The molecule has 0 aliphatic carbocycles. The predicted octanol–water partition coefficient (Wildman–Crippen LogP) is 3.62. The average molecular weight is 345 g/mol. The van der Waals surface area contributed by atoms with Crippen LogP contribution in [-0.2, 0) is 11.3 Å². The first-order chi connectivity index (χ1) is 11.8. The molecule has 0 saturated heterocycles. The summed E-state index contributed by atoms with van der Waals surface area (Å²) in [6.07, 6.45) is -0.0944. The molecule has 1 aromatic carbocycles. The molecule has 0 aliphatic rings. The Balaban J connectivity index is 2.34. The fraction of sp³-hybridized carbons (Fsp3) is 0.600. The first-order valence-electron chi connectivity index (χ1n) is 9.24. The number of benzene rings is 1. The number of imidazole rings is 1. The van der Waals surface area contributed by atoms with E-state index in [9.17, 15) is 9.90 Å². The number of nitrogens with zero attached hydrogens (tertiary/aromatic N) is 3. The minimum atomic E-state index is -0.663. The smallest absolute Gasteiger partial charge is 0.242 e. The number of aliphatic hydroxyl groups is 1. The maximum Gasteiger partial charge on any atom is 0.242 e. The number of hydrogen-bond donors (Lipinski definition) is 1. The van der Waals surface area contributed by atoms with E-state index < -0.39 is 6.10 Å². The Bertz CT molecular complexity index is 696. The van der Waals surface area contributed by atoms with Crippen molar-refractivity contribution in [1.29, 1.82) is 0 Å². The van der Waals surface area contributed by atoms with E-state index in [0.717, 1.165) is 24.1 Å². The van der Waals surface area contributed by atoms with Gasteiger partial charge < -0.3 is 14.6 Å². The molecule has 0 radical (unpaired) electrons. The lowest BCUT2D eigenvalue weighted by atomic mass is 10.1. The summed E-state index contributed by atoms with van der Waals surface area (Å²) >= 11 is 0. The fourth-order valence-corrected chi connectivity index (χ4v) is 3.09. The number of carbonyl (C=O) groups excluding carboxylic acids is 1. The highest BCUT2D eigenvalue weighted by Crippen LogP contribution is 2.23. The lowest BCUT2D eigenvalue weighted by Gasteiger charge is -2.27. The molecular formula is C20H31N3O2. The summed E-state index contributed by atoms with van der Waals surface area (Å²) in [5.41, 5.74) is 1.71. The van der Waals surface area contributed by atoms with Gasteiger partial charge in [0, 0.05) is 13.1 Å². The number of hydrogen-bond acceptors (Lipinski definition) is 3. The summed E-state index contributed by atoms with van der Waals surface area (Å²) < 4.78 is 1.87. The first kappa shape index (κ1) is 19.4. The van der Waals surface area contributed by atoms with Crippen molar-refractivity contribution in [2.24, 2.45) is 11.8 Å². The van der Waals surface area contributed by atoms with Crippen LogP contribution < -0.4 is 0 Å². The van der Waals surface area contributed by atoms with Crippen LogP contribution in [0.2, 0.25) is 0 Å². The predicted molar refractivity (Wildman–Crippen MR) is 101 cm³/mol. The summed E-state index contributed by atoms with van der Waals surface area (Å²) in [7, 11) is 0. The maximum absolute atomic E-state index is 13.0. The molecule has 2 rings (SSSR count). The Morgan fingerprint density at radius 2 is 1.76 bits per heavy atom. The van der Waals surface area contributed by atoms with Crippen LogP contribution in [0.1, 0.15) is 53.0 Å². The van der Waals surface area contributed by atoms with Gasteiger partial charge in [-0.1, -0.05) is 46.8 Å². The van der Waals surface area contributed by atoms with Crippen LogP contribution in [0.4, 0.5) is 0 Å². The van der Waals surface area contributed by atoms with Crippen molar-refractivity contribution in [3.8, 4) is 0 Å². The first-order valence-corrected chi connectivity index (χ1v) is 9.24. The van der Waals surface area contributed by atoms with Gasteiger partial charge in [-0.25, -0.2) is 4.98 Å². The topological polar surface area (TPSA) is 58.4 Å². The SMILES string of the molecule is CCC(O)c1nc2ccccc2n1CC(=O)N(CC(C)C)CC(C)C. The second-order valence-electron chi connectivity index (χ2n) is 7.56. The maximum atomic E-state index is 13.0. The highest BCUT2D eigenvalue weighted by atomic mass is 16.3. The van der Waals surface area contributed by atoms with Gasteiger partial charge in [0.25, 0.3) is 0 Å². The molecule has 0 aliphatic heterocycles. The number of aliphatic hydroxyl groups excluding tert-OH is 1. The molecule has 1 atom stereocenters. The van der Waals surface area contributed by atoms with E-state index in [1.165, 1.54) is 0 Å². The Morgan fingerprint density at radius 3 is 2.32 bits per heavy atom. The molecule has 0 fully saturated rings. The molecule has 1 N–H and O–H groups in total. The number of fused-ring (bicyclic) bond motifs is 1. The molecule has 1 unspecified atom stereocenters. The van der Waals surface area contributed by atoms with Crippen LogP contribution in [-0.4, -0.2) is 38.6 Å². The summed E-state index contributed by atoms with van der Waals surface area (Å²) in [6, 6.07) is 7.74. The zero-order valence-corrected chi connectivity index (χ0v) is 16.1. The Kier molecular flexibility index (Phi) is 6.59. The third kappa shape index (κ3) is 4.82. The molecule has 1 amide bonds. The van der Waals surface area contributed by atoms with E-state index in [-0.39, 0.29) is 12.5 Å². The van der Waals surface area contributed by atoms with E-state index in [0.29, 0.717) is 24.1 Å². The Labute approximate surface area is 150 Å². The van der Waals surface area contributed by atoms with Gasteiger partial charge in [-0.05, 0) is 30.4 Å². The molecule has 5 nitrogen and oxygen atoms in total. The number of carbonyl (C=O) groups is 1. The molecule has 0 spiro atoms. The molecule has 138 valence electrons. The van der Waals surface area contributed by atoms with Crippen molar-refractivity contribution in [3.05, 3.63) is 30.1 Å². The van der Waals surface area contributed by atoms with E-state index in [2.05, 4.69) is 32.7 Å². The molecular weight excluding hydrogens is 314 g/mol. The summed E-state index contributed by atoms with van der Waals surface area (Å²) in [5, 5.41) is 10.3. The number of amides is 1. The minimum absolute atomic E-state index is 0.0788. The summed E-state index contributed by atoms with van der Waals surface area (Å²) in [4.78, 5) is 19.5. The van der Waals surface area contributed by atoms with E-state index in [1.54, 1.807) is 0 Å². The van der Waals surface area contributed by atoms with Gasteiger partial charge in [-0.2, -0.15) is 0 Å². The zero-order valence-electron chi connectivity index (χ0n) is 16.1. The van der Waals surface area contributed by atoms with Crippen molar-refractivity contribution in [3.63, 3.8) is 0 Å². The Hall–Kier alpha value is -1.88. The van der Waals surface area contributed by atoms with Crippen molar-refractivity contribution in [2.75, 3.05) is 13.1 Å². The zero-order chi connectivity index (χ0) is 18.6. The number of para-hydroxylation sites is 2. The molecule has 0 bridgehead atoms. The second kappa shape index (κ2) is 8.48. The quantitative estimate of drug-likeness (QED) is 0.795. The van der Waals surface area contributed by atoms with E-state index in [4.69, 9.17) is 0 Å². The largest absolute Gasteiger partial charge is 0.385 e. The van der Waals surface area contributed by atoms with Gasteiger partial charge in [0.2, 0.25) is 5.91 Å². The van der Waals surface area contributed by atoms with Crippen LogP contribution >= 0.6 is 0 Å². The number of aromatic nitrogens is 2. The van der Waals surface area contributed by atoms with Gasteiger partial charge in [0.1, 0.15) is 18.5 Å². The van der Waals surface area contributed by atoms with Crippen molar-refractivity contribution >= 4 is 16.9 Å². The van der Waals surface area contributed by atoms with Crippen LogP contribution in [0.15, 0.2) is 24.3 Å². The Morgan fingerprint density at radius 1 is 1.16 bits per heavy atom. The van der Waals surface area contributed by atoms with Gasteiger partial charge in [-0.15, -0.1) is 0 Å². The van der Waals surface area contributed by atoms with Gasteiger partial charge in [-0.3, -0.25) is 4.79 Å². The van der Waals surface area contributed by atoms with Gasteiger partial charge in [0.05, 0.1) is 11.0 Å². The van der Waals surface area contributed by atoms with Crippen LogP contribution in [0.5, 0.6) is 0 Å². The van der Waals surface area contributed by atoms with Crippen molar-refractivity contribution < 1.29 is 9.90 Å². The minimum Gasteiger partial charge on any atom is -0.385 e. The second-order valence-corrected chi connectivity index (χ2v) is 7.56. The third-order valence-electron chi connectivity index (χ3n) is 4.19. The molecule has 25 heavy (non-hydrogen) atoms. The number of rotatable bonds is 8. The standard InChI is InChI=1S/C20H31N3O2/c1-6-18(24)20-21-16-9-7-8-10-17(16)23(20)13-19(25)22(11-14(2)3)12-15(4)5/h7-10,14-15,18,24H,6,11-13H2,1-5H3. The highest BCUT2D eigenvalue weighted by molar-refractivity contribution is 5.81. The monoisotopic (exact) mass is 345 g/mol. The molecule has 1 heterocycles. The third-order valence-corrected chi connectivity index (χ3v) is 4.19. The van der Waals surface area contributed by atoms with E-state index >= 15 is 0 Å². The summed E-state index contributed by atoms with van der Waals surface area (Å²) in [5.74, 6) is 1.49. The van der Waals surface area contributed by atoms with E-state index in [1.807, 2.05) is 40.7 Å². The average Bonchev–Trinajstić information content (AvgIpc) is 2.91. The van der Waals surface area contributed by atoms with Gasteiger partial charge >= 0.3 is 0 Å². The van der Waals surface area contributed by atoms with Crippen LogP contribution in [0.25, 0.3) is 11.0 Å². The lowest BCUT2D eigenvalue weighted by Crippen LogP contribution is -2.39. The molecule has 1 aromatic heterocycles. The normalized spacial score (nSPS) is 13.0. The molecule has 0 saturated carbocycles. The van der Waals surface area contributed by atoms with Gasteiger partial charge in [0.15, 0.2) is 0 Å². The molecule has 5 heteroatoms. The van der Waals surface area contributed by atoms with Crippen LogP contribution in [0.3, 0.4) is 0 Å². The van der Waals surface area contributed by atoms with Crippen molar-refractivity contribution in [1.82, 2.24) is 14.5 Å². The van der Waals surface area contributed by atoms with Crippen molar-refractivity contribution in [2.45, 2.75) is 53.7 Å².